The Morgan fingerprint density at radius 1 is 0.622 bits per heavy atom. The lowest BCUT2D eigenvalue weighted by Gasteiger charge is -2.16. The number of fused-ring (bicyclic) bond motifs is 1. The van der Waals surface area contributed by atoms with E-state index in [-0.39, 0.29) is 12.1 Å². The third-order valence-corrected chi connectivity index (χ3v) is 4.71. The Bertz CT molecular complexity index is 1690. The van der Waals surface area contributed by atoms with Crippen LogP contribution in [0.5, 0.6) is 0 Å². The van der Waals surface area contributed by atoms with Crippen molar-refractivity contribution in [1.29, 1.82) is 15.8 Å². The van der Waals surface area contributed by atoms with Gasteiger partial charge in [0.25, 0.3) is 0 Å². The van der Waals surface area contributed by atoms with E-state index in [9.17, 15) is 53.6 Å². The first-order valence-electron chi connectivity index (χ1n) is 9.05. The second-order valence-electron chi connectivity index (χ2n) is 6.80. The maximum absolute atomic E-state index is 14.4. The van der Waals surface area contributed by atoms with Gasteiger partial charge in [-0.25, -0.2) is 31.9 Å². The second kappa shape index (κ2) is 9.02. The molecule has 188 valence electrons. The van der Waals surface area contributed by atoms with Crippen molar-refractivity contribution < 1.29 is 48.3 Å². The molecule has 0 radical (unpaired) electrons. The van der Waals surface area contributed by atoms with Crippen LogP contribution in [0.15, 0.2) is 12.1 Å². The Labute approximate surface area is 196 Å². The summed E-state index contributed by atoms with van der Waals surface area (Å²) in [7, 11) is 0. The lowest BCUT2D eigenvalue weighted by molar-refractivity contribution is -0.138. The molecule has 0 unspecified atom stereocenters. The van der Waals surface area contributed by atoms with Gasteiger partial charge in [0.2, 0.25) is 5.82 Å². The minimum absolute atomic E-state index is 0.0548. The SMILES string of the molecule is N#C/C(c1c(F)c(F)c(F)c(F)c1F)=c1/ccc(=C(C(F)(F)F)C(F)(F)F)c2nc(C#N)c(C#N)nc12. The third-order valence-electron chi connectivity index (χ3n) is 4.71. The van der Waals surface area contributed by atoms with Crippen LogP contribution >= 0.6 is 0 Å². The van der Waals surface area contributed by atoms with Gasteiger partial charge < -0.3 is 0 Å². The van der Waals surface area contributed by atoms with Crippen molar-refractivity contribution in [2.45, 2.75) is 12.4 Å². The fourth-order valence-electron chi connectivity index (χ4n) is 3.24. The number of hydrogen-bond donors (Lipinski definition) is 0. The Morgan fingerprint density at radius 2 is 1.00 bits per heavy atom. The summed E-state index contributed by atoms with van der Waals surface area (Å²) >= 11 is 0. The van der Waals surface area contributed by atoms with E-state index in [0.717, 1.165) is 6.07 Å². The molecule has 0 aliphatic heterocycles. The molecule has 5 nitrogen and oxygen atoms in total. The van der Waals surface area contributed by atoms with E-state index in [0.29, 0.717) is 0 Å². The summed E-state index contributed by atoms with van der Waals surface area (Å²) in [5.74, 6) is -12.7. The monoisotopic (exact) mass is 533 g/mol. The van der Waals surface area contributed by atoms with Gasteiger partial charge in [-0.05, 0) is 0 Å². The van der Waals surface area contributed by atoms with Crippen LogP contribution in [0.1, 0.15) is 17.0 Å². The van der Waals surface area contributed by atoms with Crippen LogP contribution in [0.25, 0.3) is 22.2 Å². The van der Waals surface area contributed by atoms with Crippen LogP contribution in [0, 0.1) is 63.1 Å². The highest BCUT2D eigenvalue weighted by Gasteiger charge is 2.51. The number of rotatable bonds is 1. The van der Waals surface area contributed by atoms with Crippen molar-refractivity contribution >= 4 is 22.2 Å². The van der Waals surface area contributed by atoms with E-state index < -0.39 is 91.0 Å². The van der Waals surface area contributed by atoms with E-state index in [4.69, 9.17) is 10.5 Å². The van der Waals surface area contributed by atoms with Gasteiger partial charge >= 0.3 is 12.4 Å². The van der Waals surface area contributed by atoms with Crippen molar-refractivity contribution in [1.82, 2.24) is 9.97 Å². The first-order chi connectivity index (χ1) is 17.1. The molecule has 0 atom stereocenters. The number of nitrogens with zero attached hydrogens (tertiary/aromatic N) is 5. The molecule has 37 heavy (non-hydrogen) atoms. The summed E-state index contributed by atoms with van der Waals surface area (Å²) in [6, 6.07) is 3.86. The fourth-order valence-corrected chi connectivity index (χ4v) is 3.24. The zero-order valence-corrected chi connectivity index (χ0v) is 17.0. The van der Waals surface area contributed by atoms with Gasteiger partial charge in [-0.15, -0.1) is 0 Å². The zero-order chi connectivity index (χ0) is 28.0. The Balaban J connectivity index is 2.81. The van der Waals surface area contributed by atoms with Gasteiger partial charge in [0.1, 0.15) is 23.8 Å². The molecule has 0 saturated carbocycles. The lowest BCUT2D eigenvalue weighted by Crippen LogP contribution is -2.33. The van der Waals surface area contributed by atoms with Gasteiger partial charge in [0.05, 0.1) is 22.2 Å². The molecule has 0 spiro atoms. The predicted octanol–water partition coefficient (Wildman–Crippen LogP) is 4.07. The number of hydrogen-bond acceptors (Lipinski definition) is 5. The van der Waals surface area contributed by atoms with Gasteiger partial charge in [-0.2, -0.15) is 42.1 Å². The average Bonchev–Trinajstić information content (AvgIpc) is 2.82. The van der Waals surface area contributed by atoms with E-state index >= 15 is 0 Å². The van der Waals surface area contributed by atoms with Crippen molar-refractivity contribution in [3.05, 3.63) is 68.6 Å². The van der Waals surface area contributed by atoms with E-state index in [1.54, 1.807) is 0 Å². The summed E-state index contributed by atoms with van der Waals surface area (Å²) in [6.45, 7) is 0. The molecule has 0 aliphatic rings. The zero-order valence-electron chi connectivity index (χ0n) is 17.0. The molecule has 0 amide bonds. The first-order valence-corrected chi connectivity index (χ1v) is 9.05. The molecule has 0 N–H and O–H groups in total. The summed E-state index contributed by atoms with van der Waals surface area (Å²) in [6.07, 6.45) is -12.2. The standard InChI is InChI=1S/C21H2F11N5/c22-12-11(13(23)15(25)16(26)14(12)24)8(3-33)6-1-2-7(19(20(27,28)29)21(30,31)32)18-17(6)36-9(4-34)10(5-35)37-18/h1-2H/b8-6+. The van der Waals surface area contributed by atoms with Crippen LogP contribution < -0.4 is 10.4 Å². The third kappa shape index (κ3) is 4.36. The minimum atomic E-state index is -6.09. The van der Waals surface area contributed by atoms with Crippen LogP contribution in [0.3, 0.4) is 0 Å². The first kappa shape index (κ1) is 26.8. The van der Waals surface area contributed by atoms with Crippen LogP contribution in [0.4, 0.5) is 48.3 Å². The molecular formula is C21H2F11N5. The van der Waals surface area contributed by atoms with Gasteiger partial charge in [-0.3, -0.25) is 0 Å². The molecule has 16 heteroatoms. The van der Waals surface area contributed by atoms with Crippen LogP contribution in [-0.2, 0) is 0 Å². The van der Waals surface area contributed by atoms with E-state index in [2.05, 4.69) is 9.97 Å². The molecule has 1 heterocycles. The molecule has 0 saturated heterocycles. The van der Waals surface area contributed by atoms with Crippen molar-refractivity contribution in [3.8, 4) is 18.2 Å². The summed E-state index contributed by atoms with van der Waals surface area (Å²) in [4.78, 5) is 6.71. The lowest BCUT2D eigenvalue weighted by atomic mass is 9.99. The number of nitriles is 3. The molecule has 0 aliphatic carbocycles. The Hall–Kier alpha value is -4.78. The second-order valence-corrected chi connectivity index (χ2v) is 6.80. The molecule has 3 aromatic rings. The highest BCUT2D eigenvalue weighted by atomic mass is 19.4. The van der Waals surface area contributed by atoms with Gasteiger partial charge in [0, 0.05) is 10.4 Å². The summed E-state index contributed by atoms with van der Waals surface area (Å²) < 4.78 is 150. The minimum Gasteiger partial charge on any atom is -0.232 e. The number of alkyl halides is 6. The maximum atomic E-state index is 14.4. The largest absolute Gasteiger partial charge is 0.421 e. The summed E-state index contributed by atoms with van der Waals surface area (Å²) in [5, 5.41) is 24.9. The van der Waals surface area contributed by atoms with Gasteiger partial charge in [-0.1, -0.05) is 12.1 Å². The smallest absolute Gasteiger partial charge is 0.232 e. The van der Waals surface area contributed by atoms with E-state index in [1.165, 1.54) is 12.1 Å². The normalized spacial score (nSPS) is 12.5. The van der Waals surface area contributed by atoms with Gasteiger partial charge in [0.15, 0.2) is 34.7 Å². The number of benzene rings is 2. The Kier molecular flexibility index (Phi) is 6.54. The average molecular weight is 533 g/mol. The number of aromatic nitrogens is 2. The quantitative estimate of drug-likeness (QED) is 0.267. The maximum Gasteiger partial charge on any atom is 0.421 e. The highest BCUT2D eigenvalue weighted by molar-refractivity contribution is 5.88. The molecule has 3 rings (SSSR count). The van der Waals surface area contributed by atoms with Crippen LogP contribution in [0.2, 0.25) is 0 Å². The molecule has 2 aromatic carbocycles. The van der Waals surface area contributed by atoms with E-state index in [1.807, 2.05) is 0 Å². The fraction of sp³-hybridized carbons (Fsp3) is 0.0952. The number of halogens is 11. The Morgan fingerprint density at radius 3 is 1.38 bits per heavy atom. The predicted molar refractivity (Wildman–Crippen MR) is 98.1 cm³/mol. The molecular weight excluding hydrogens is 531 g/mol. The summed E-state index contributed by atoms with van der Waals surface area (Å²) in [5.41, 5.74) is -11.2. The van der Waals surface area contributed by atoms with Crippen molar-refractivity contribution in [2.24, 2.45) is 0 Å². The topological polar surface area (TPSA) is 97.1 Å². The molecule has 0 fully saturated rings. The van der Waals surface area contributed by atoms with Crippen LogP contribution in [-0.4, -0.2) is 22.3 Å². The highest BCUT2D eigenvalue weighted by Crippen LogP contribution is 2.39. The van der Waals surface area contributed by atoms with Crippen molar-refractivity contribution in [3.63, 3.8) is 0 Å². The van der Waals surface area contributed by atoms with Crippen molar-refractivity contribution in [2.75, 3.05) is 0 Å². The molecule has 1 aromatic heterocycles. The molecule has 0 bridgehead atoms.